The number of carbonyl (C=O) groups is 1. The lowest BCUT2D eigenvalue weighted by Crippen LogP contribution is -2.12. The molecule has 1 saturated carbocycles. The van der Waals surface area contributed by atoms with Gasteiger partial charge in [0.05, 0.1) is 11.7 Å². The van der Waals surface area contributed by atoms with Crippen molar-refractivity contribution in [3.63, 3.8) is 0 Å². The van der Waals surface area contributed by atoms with Crippen LogP contribution in [-0.2, 0) is 11.3 Å². The van der Waals surface area contributed by atoms with Crippen molar-refractivity contribution in [1.82, 2.24) is 14.8 Å². The molecule has 0 radical (unpaired) electrons. The Balaban J connectivity index is 1.77. The average molecular weight is 313 g/mol. The fourth-order valence-electron chi connectivity index (χ4n) is 2.64. The quantitative estimate of drug-likeness (QED) is 0.742. The Bertz CT molecular complexity index is 915. The van der Waals surface area contributed by atoms with Crippen molar-refractivity contribution < 1.29 is 13.6 Å². The van der Waals surface area contributed by atoms with Crippen molar-refractivity contribution in [3.05, 3.63) is 48.3 Å². The zero-order valence-corrected chi connectivity index (χ0v) is 12.2. The molecule has 6 heteroatoms. The van der Waals surface area contributed by atoms with Gasteiger partial charge in [-0.2, -0.15) is 5.10 Å². The Hall–Kier alpha value is -2.63. The van der Waals surface area contributed by atoms with Crippen LogP contribution in [0.1, 0.15) is 12.8 Å². The van der Waals surface area contributed by atoms with Crippen molar-refractivity contribution in [2.24, 2.45) is 5.92 Å². The van der Waals surface area contributed by atoms with Crippen molar-refractivity contribution in [2.45, 2.75) is 19.4 Å². The van der Waals surface area contributed by atoms with E-state index in [9.17, 15) is 13.6 Å². The standard InChI is InChI=1S/C17H13F2N3O/c18-13-3-1-2-12(17(13)19)11-6-15-14(20-7-11)8-21-22(15)9-16(23)10-4-5-10/h1-3,6-8,10H,4-5,9H2. The number of halogens is 2. The van der Waals surface area contributed by atoms with Gasteiger partial charge in [-0.15, -0.1) is 0 Å². The highest BCUT2D eigenvalue weighted by Crippen LogP contribution is 2.31. The van der Waals surface area contributed by atoms with Crippen molar-refractivity contribution >= 4 is 16.8 Å². The summed E-state index contributed by atoms with van der Waals surface area (Å²) in [6.45, 7) is 0.185. The maximum atomic E-state index is 14.0. The van der Waals surface area contributed by atoms with Gasteiger partial charge in [0.15, 0.2) is 17.4 Å². The molecule has 0 atom stereocenters. The van der Waals surface area contributed by atoms with Crippen LogP contribution in [0.4, 0.5) is 8.78 Å². The van der Waals surface area contributed by atoms with Crippen LogP contribution in [0.15, 0.2) is 36.7 Å². The fourth-order valence-corrected chi connectivity index (χ4v) is 2.64. The molecule has 0 saturated heterocycles. The van der Waals surface area contributed by atoms with Gasteiger partial charge < -0.3 is 0 Å². The van der Waals surface area contributed by atoms with E-state index in [-0.39, 0.29) is 23.8 Å². The Morgan fingerprint density at radius 2 is 2.09 bits per heavy atom. The van der Waals surface area contributed by atoms with Crippen LogP contribution in [0, 0.1) is 17.6 Å². The minimum Gasteiger partial charge on any atom is -0.297 e. The summed E-state index contributed by atoms with van der Waals surface area (Å²) >= 11 is 0. The number of ketones is 1. The minimum absolute atomic E-state index is 0.140. The first-order valence-corrected chi connectivity index (χ1v) is 7.42. The van der Waals surface area contributed by atoms with Gasteiger partial charge in [0, 0.05) is 23.2 Å². The third-order valence-corrected chi connectivity index (χ3v) is 4.10. The predicted octanol–water partition coefficient (Wildman–Crippen LogP) is 3.36. The van der Waals surface area contributed by atoms with Crippen LogP contribution in [0.25, 0.3) is 22.2 Å². The van der Waals surface area contributed by atoms with E-state index in [1.165, 1.54) is 18.3 Å². The lowest BCUT2D eigenvalue weighted by Gasteiger charge is -2.06. The van der Waals surface area contributed by atoms with Crippen LogP contribution in [0.2, 0.25) is 0 Å². The molecule has 1 fully saturated rings. The molecule has 4 rings (SSSR count). The van der Waals surface area contributed by atoms with E-state index in [1.54, 1.807) is 16.9 Å². The number of pyridine rings is 1. The predicted molar refractivity (Wildman–Crippen MR) is 80.6 cm³/mol. The fraction of sp³-hybridized carbons (Fsp3) is 0.235. The average Bonchev–Trinajstić information content (AvgIpc) is 3.33. The summed E-state index contributed by atoms with van der Waals surface area (Å²) in [4.78, 5) is 16.2. The first-order chi connectivity index (χ1) is 11.1. The van der Waals surface area contributed by atoms with Crippen LogP contribution in [0.5, 0.6) is 0 Å². The number of rotatable bonds is 4. The molecule has 2 heterocycles. The minimum atomic E-state index is -0.909. The van der Waals surface area contributed by atoms with Gasteiger partial charge in [0.1, 0.15) is 12.1 Å². The number of nitrogens with zero attached hydrogens (tertiary/aromatic N) is 3. The van der Waals surface area contributed by atoms with Crippen LogP contribution in [0.3, 0.4) is 0 Å². The molecule has 0 aliphatic heterocycles. The Morgan fingerprint density at radius 1 is 1.26 bits per heavy atom. The maximum Gasteiger partial charge on any atom is 0.166 e. The van der Waals surface area contributed by atoms with Gasteiger partial charge in [0.2, 0.25) is 0 Å². The van der Waals surface area contributed by atoms with E-state index < -0.39 is 11.6 Å². The summed E-state index contributed by atoms with van der Waals surface area (Å²) < 4.78 is 28.9. The van der Waals surface area contributed by atoms with Gasteiger partial charge in [-0.05, 0) is 25.0 Å². The molecule has 4 nitrogen and oxygen atoms in total. The van der Waals surface area contributed by atoms with Crippen LogP contribution >= 0.6 is 0 Å². The largest absolute Gasteiger partial charge is 0.297 e. The molecule has 0 amide bonds. The second kappa shape index (κ2) is 5.22. The van der Waals surface area contributed by atoms with Crippen molar-refractivity contribution in [3.8, 4) is 11.1 Å². The molecule has 1 aliphatic carbocycles. The van der Waals surface area contributed by atoms with Crippen molar-refractivity contribution in [2.75, 3.05) is 0 Å². The highest BCUT2D eigenvalue weighted by atomic mass is 19.2. The molecule has 0 N–H and O–H groups in total. The molecular formula is C17H13F2N3O. The van der Waals surface area contributed by atoms with E-state index in [4.69, 9.17) is 0 Å². The van der Waals surface area contributed by atoms with E-state index >= 15 is 0 Å². The van der Waals surface area contributed by atoms with E-state index in [1.807, 2.05) is 0 Å². The molecule has 1 aliphatic rings. The molecule has 2 aromatic heterocycles. The van der Waals surface area contributed by atoms with E-state index in [0.29, 0.717) is 16.6 Å². The first-order valence-electron chi connectivity index (χ1n) is 7.42. The number of hydrogen-bond acceptors (Lipinski definition) is 3. The van der Waals surface area contributed by atoms with Crippen LogP contribution < -0.4 is 0 Å². The molecule has 23 heavy (non-hydrogen) atoms. The number of hydrogen-bond donors (Lipinski definition) is 0. The normalized spacial score (nSPS) is 14.3. The molecule has 1 aromatic carbocycles. The van der Waals surface area contributed by atoms with Crippen LogP contribution in [-0.4, -0.2) is 20.5 Å². The number of aromatic nitrogens is 3. The molecule has 0 unspecified atom stereocenters. The van der Waals surface area contributed by atoms with Gasteiger partial charge in [-0.3, -0.25) is 14.5 Å². The summed E-state index contributed by atoms with van der Waals surface area (Å²) in [5, 5.41) is 4.19. The smallest absolute Gasteiger partial charge is 0.166 e. The Kier molecular flexibility index (Phi) is 3.18. The zero-order valence-electron chi connectivity index (χ0n) is 12.2. The van der Waals surface area contributed by atoms with Gasteiger partial charge in [0.25, 0.3) is 0 Å². The zero-order chi connectivity index (χ0) is 16.0. The second-order valence-corrected chi connectivity index (χ2v) is 5.77. The summed E-state index contributed by atoms with van der Waals surface area (Å²) in [7, 11) is 0. The highest BCUT2D eigenvalue weighted by Gasteiger charge is 2.29. The van der Waals surface area contributed by atoms with Gasteiger partial charge in [-0.25, -0.2) is 8.78 Å². The topological polar surface area (TPSA) is 47.8 Å². The Morgan fingerprint density at radius 3 is 2.87 bits per heavy atom. The SMILES string of the molecule is O=C(Cn1ncc2ncc(-c3cccc(F)c3F)cc21)C1CC1. The third-order valence-electron chi connectivity index (χ3n) is 4.10. The second-order valence-electron chi connectivity index (χ2n) is 5.77. The monoisotopic (exact) mass is 313 g/mol. The molecule has 116 valence electrons. The molecule has 0 spiro atoms. The van der Waals surface area contributed by atoms with Crippen molar-refractivity contribution in [1.29, 1.82) is 0 Å². The number of Topliss-reactive ketones (excluding diaryl/α,β-unsaturated/α-hetero) is 1. The van der Waals surface area contributed by atoms with E-state index in [2.05, 4.69) is 10.1 Å². The molecular weight excluding hydrogens is 300 g/mol. The van der Waals surface area contributed by atoms with Gasteiger partial charge in [-0.1, -0.05) is 12.1 Å². The van der Waals surface area contributed by atoms with E-state index in [0.717, 1.165) is 18.9 Å². The maximum absolute atomic E-state index is 14.0. The lowest BCUT2D eigenvalue weighted by atomic mass is 10.1. The highest BCUT2D eigenvalue weighted by molar-refractivity contribution is 5.86. The summed E-state index contributed by atoms with van der Waals surface area (Å²) in [5.74, 6) is -1.52. The van der Waals surface area contributed by atoms with Gasteiger partial charge >= 0.3 is 0 Å². The third kappa shape index (κ3) is 2.50. The number of benzene rings is 1. The molecule has 0 bridgehead atoms. The summed E-state index contributed by atoms with van der Waals surface area (Å²) in [6.07, 6.45) is 4.93. The number of carbonyl (C=O) groups excluding carboxylic acids is 1. The summed E-state index contributed by atoms with van der Waals surface area (Å²) in [6, 6.07) is 5.71. The number of fused-ring (bicyclic) bond motifs is 1. The first kappa shape index (κ1) is 14.0. The Labute approximate surface area is 130 Å². The summed E-state index contributed by atoms with van der Waals surface area (Å²) in [5.41, 5.74) is 1.85. The lowest BCUT2D eigenvalue weighted by molar-refractivity contribution is -0.120. The molecule has 3 aromatic rings.